The van der Waals surface area contributed by atoms with Crippen molar-refractivity contribution in [2.75, 3.05) is 26.4 Å². The number of rotatable bonds is 5. The number of hydrogen-bond acceptors (Lipinski definition) is 4. The van der Waals surface area contributed by atoms with E-state index in [4.69, 9.17) is 28.9 Å². The number of ketones is 1. The summed E-state index contributed by atoms with van der Waals surface area (Å²) in [4.78, 5) is 14.6. The highest BCUT2D eigenvalue weighted by Gasteiger charge is 2.20. The van der Waals surface area contributed by atoms with Crippen molar-refractivity contribution in [3.8, 4) is 0 Å². The zero-order valence-corrected chi connectivity index (χ0v) is 13.3. The molecular weight excluding hydrogens is 311 g/mol. The number of nitrogen functional groups attached to an aromatic ring is 1. The summed E-state index contributed by atoms with van der Waals surface area (Å²) in [5.74, 6) is -0.245. The fourth-order valence-corrected chi connectivity index (χ4v) is 2.40. The Morgan fingerprint density at radius 1 is 1.33 bits per heavy atom. The molecule has 0 aliphatic rings. The van der Waals surface area contributed by atoms with Gasteiger partial charge >= 0.3 is 0 Å². The quantitative estimate of drug-likeness (QED) is 0.677. The second-order valence-electron chi connectivity index (χ2n) is 4.97. The van der Waals surface area contributed by atoms with Crippen LogP contribution in [0.2, 0.25) is 10.0 Å². The first-order valence-corrected chi connectivity index (χ1v) is 7.11. The molecule has 1 aromatic heterocycles. The van der Waals surface area contributed by atoms with E-state index in [2.05, 4.69) is 5.10 Å². The average Bonchev–Trinajstić information content (AvgIpc) is 2.75. The highest BCUT2D eigenvalue weighted by Crippen LogP contribution is 2.23. The molecule has 0 saturated carbocycles. The number of likely N-dealkylation sites (N-methyl/N-ethyl adjacent to an activating group) is 1. The van der Waals surface area contributed by atoms with Crippen molar-refractivity contribution < 1.29 is 4.79 Å². The predicted octanol–water partition coefficient (Wildman–Crippen LogP) is 2.56. The SMILES string of the molecule is CN(C)CCn1ncc(Cl)c1C(=O)c1cc(N)cc(Cl)c1. The van der Waals surface area contributed by atoms with E-state index in [1.165, 1.54) is 6.20 Å². The molecule has 5 nitrogen and oxygen atoms in total. The number of anilines is 1. The Balaban J connectivity index is 2.36. The molecule has 0 spiro atoms. The highest BCUT2D eigenvalue weighted by molar-refractivity contribution is 6.35. The van der Waals surface area contributed by atoms with Gasteiger partial charge in [-0.05, 0) is 32.3 Å². The lowest BCUT2D eigenvalue weighted by Crippen LogP contribution is -2.21. The van der Waals surface area contributed by atoms with Crippen LogP contribution >= 0.6 is 23.2 Å². The topological polar surface area (TPSA) is 64.2 Å². The van der Waals surface area contributed by atoms with Crippen LogP contribution < -0.4 is 5.73 Å². The molecule has 0 saturated heterocycles. The number of nitrogens with zero attached hydrogens (tertiary/aromatic N) is 3. The van der Waals surface area contributed by atoms with Gasteiger partial charge in [-0.2, -0.15) is 5.10 Å². The van der Waals surface area contributed by atoms with Crippen molar-refractivity contribution in [3.05, 3.63) is 45.7 Å². The second-order valence-corrected chi connectivity index (χ2v) is 5.81. The van der Waals surface area contributed by atoms with Crippen LogP contribution in [0.1, 0.15) is 16.1 Å². The number of aromatic nitrogens is 2. The largest absolute Gasteiger partial charge is 0.399 e. The van der Waals surface area contributed by atoms with Gasteiger partial charge in [0.25, 0.3) is 0 Å². The molecule has 7 heteroatoms. The third-order valence-electron chi connectivity index (χ3n) is 2.95. The third-order valence-corrected chi connectivity index (χ3v) is 3.45. The van der Waals surface area contributed by atoms with Gasteiger partial charge in [0.15, 0.2) is 0 Å². The van der Waals surface area contributed by atoms with Crippen molar-refractivity contribution in [3.63, 3.8) is 0 Å². The van der Waals surface area contributed by atoms with Gasteiger partial charge in [-0.25, -0.2) is 0 Å². The van der Waals surface area contributed by atoms with Crippen LogP contribution in [0.5, 0.6) is 0 Å². The molecular formula is C14H16Cl2N4O. The number of hydrogen-bond donors (Lipinski definition) is 1. The summed E-state index contributed by atoms with van der Waals surface area (Å²) in [6, 6.07) is 4.73. The lowest BCUT2D eigenvalue weighted by molar-refractivity contribution is 0.102. The fraction of sp³-hybridized carbons (Fsp3) is 0.286. The lowest BCUT2D eigenvalue weighted by Gasteiger charge is -2.12. The first-order chi connectivity index (χ1) is 9.88. The summed E-state index contributed by atoms with van der Waals surface area (Å²) in [6.07, 6.45) is 1.47. The molecule has 0 amide bonds. The predicted molar refractivity (Wildman–Crippen MR) is 85.1 cm³/mol. The Morgan fingerprint density at radius 2 is 2.05 bits per heavy atom. The molecule has 2 rings (SSSR count). The van der Waals surface area contributed by atoms with E-state index in [0.29, 0.717) is 33.5 Å². The minimum Gasteiger partial charge on any atom is -0.399 e. The minimum absolute atomic E-state index is 0.245. The van der Waals surface area contributed by atoms with Gasteiger partial charge in [-0.3, -0.25) is 9.48 Å². The van der Waals surface area contributed by atoms with Gasteiger partial charge in [0, 0.05) is 22.8 Å². The van der Waals surface area contributed by atoms with Crippen LogP contribution in [-0.2, 0) is 6.54 Å². The zero-order valence-electron chi connectivity index (χ0n) is 11.8. The second kappa shape index (κ2) is 6.47. The Bertz CT molecular complexity index is 647. The fourth-order valence-electron chi connectivity index (χ4n) is 1.93. The smallest absolute Gasteiger partial charge is 0.212 e. The molecule has 2 N–H and O–H groups in total. The monoisotopic (exact) mass is 326 g/mol. The lowest BCUT2D eigenvalue weighted by atomic mass is 10.1. The molecule has 2 aromatic rings. The van der Waals surface area contributed by atoms with E-state index < -0.39 is 0 Å². The summed E-state index contributed by atoms with van der Waals surface area (Å²) in [5.41, 5.74) is 6.90. The molecule has 21 heavy (non-hydrogen) atoms. The van der Waals surface area contributed by atoms with Gasteiger partial charge in [0.05, 0.1) is 17.8 Å². The first kappa shape index (κ1) is 15.8. The van der Waals surface area contributed by atoms with E-state index in [1.54, 1.807) is 22.9 Å². The molecule has 0 aliphatic carbocycles. The number of halogens is 2. The maximum atomic E-state index is 12.6. The molecule has 0 bridgehead atoms. The summed E-state index contributed by atoms with van der Waals surface area (Å²) in [7, 11) is 3.90. The van der Waals surface area contributed by atoms with Crippen LogP contribution in [0.25, 0.3) is 0 Å². The van der Waals surface area contributed by atoms with E-state index >= 15 is 0 Å². The maximum Gasteiger partial charge on any atom is 0.212 e. The van der Waals surface area contributed by atoms with Crippen molar-refractivity contribution >= 4 is 34.7 Å². The number of carbonyl (C=O) groups excluding carboxylic acids is 1. The summed E-state index contributed by atoms with van der Waals surface area (Å²) >= 11 is 12.0. The molecule has 0 radical (unpaired) electrons. The highest BCUT2D eigenvalue weighted by atomic mass is 35.5. The summed E-state index contributed by atoms with van der Waals surface area (Å²) in [6.45, 7) is 1.31. The van der Waals surface area contributed by atoms with E-state index in [-0.39, 0.29) is 5.78 Å². The molecule has 0 aliphatic heterocycles. The molecule has 112 valence electrons. The summed E-state index contributed by atoms with van der Waals surface area (Å²) < 4.78 is 1.60. The number of carbonyl (C=O) groups is 1. The standard InChI is InChI=1S/C14H16Cl2N4O/c1-19(2)3-4-20-13(12(16)8-18-20)14(21)9-5-10(15)7-11(17)6-9/h5-8H,3-4,17H2,1-2H3. The molecule has 0 fully saturated rings. The van der Waals surface area contributed by atoms with E-state index in [1.807, 2.05) is 19.0 Å². The van der Waals surface area contributed by atoms with Crippen LogP contribution in [0, 0.1) is 0 Å². The van der Waals surface area contributed by atoms with Crippen molar-refractivity contribution in [1.29, 1.82) is 0 Å². The van der Waals surface area contributed by atoms with Crippen molar-refractivity contribution in [1.82, 2.24) is 14.7 Å². The minimum atomic E-state index is -0.245. The molecule has 1 heterocycles. The number of benzene rings is 1. The van der Waals surface area contributed by atoms with Crippen LogP contribution in [-0.4, -0.2) is 41.1 Å². The van der Waals surface area contributed by atoms with E-state index in [9.17, 15) is 4.79 Å². The van der Waals surface area contributed by atoms with Crippen molar-refractivity contribution in [2.24, 2.45) is 0 Å². The number of nitrogens with two attached hydrogens (primary N) is 1. The molecule has 0 atom stereocenters. The summed E-state index contributed by atoms with van der Waals surface area (Å²) in [5, 5.41) is 4.88. The first-order valence-electron chi connectivity index (χ1n) is 6.35. The van der Waals surface area contributed by atoms with Gasteiger partial charge in [0.1, 0.15) is 5.69 Å². The normalized spacial score (nSPS) is 11.1. The van der Waals surface area contributed by atoms with Gasteiger partial charge < -0.3 is 10.6 Å². The average molecular weight is 327 g/mol. The third kappa shape index (κ3) is 3.75. The van der Waals surface area contributed by atoms with Gasteiger partial charge in [-0.15, -0.1) is 0 Å². The Morgan fingerprint density at radius 3 is 2.67 bits per heavy atom. The maximum absolute atomic E-state index is 12.6. The van der Waals surface area contributed by atoms with Gasteiger partial charge in [-0.1, -0.05) is 23.2 Å². The van der Waals surface area contributed by atoms with Crippen LogP contribution in [0.15, 0.2) is 24.4 Å². The Kier molecular flexibility index (Phi) is 4.88. The van der Waals surface area contributed by atoms with Crippen LogP contribution in [0.4, 0.5) is 5.69 Å². The zero-order chi connectivity index (χ0) is 15.6. The Labute approximate surface area is 133 Å². The van der Waals surface area contributed by atoms with Crippen molar-refractivity contribution in [2.45, 2.75) is 6.54 Å². The Hall–Kier alpha value is -1.56. The van der Waals surface area contributed by atoms with Gasteiger partial charge in [0.2, 0.25) is 5.78 Å². The molecule has 0 unspecified atom stereocenters. The molecule has 1 aromatic carbocycles. The van der Waals surface area contributed by atoms with E-state index in [0.717, 1.165) is 6.54 Å². The van der Waals surface area contributed by atoms with Crippen LogP contribution in [0.3, 0.4) is 0 Å².